The van der Waals surface area contributed by atoms with E-state index in [1.807, 2.05) is 36.4 Å². The molecule has 0 bridgehead atoms. The number of anilines is 3. The predicted octanol–water partition coefficient (Wildman–Crippen LogP) is 4.20. The largest absolute Gasteiger partial charge is 0.397 e. The highest BCUT2D eigenvalue weighted by molar-refractivity contribution is 6.05. The molecule has 148 valence electrons. The first kappa shape index (κ1) is 18.8. The minimum Gasteiger partial charge on any atom is -0.397 e. The molecule has 1 aliphatic heterocycles. The molecule has 1 aliphatic carbocycles. The molecule has 1 heterocycles. The number of carbonyl (C=O) groups excluding carboxylic acids is 1. The van der Waals surface area contributed by atoms with Crippen molar-refractivity contribution in [1.82, 2.24) is 4.90 Å². The van der Waals surface area contributed by atoms with Gasteiger partial charge in [-0.3, -0.25) is 9.69 Å². The second-order valence-electron chi connectivity index (χ2n) is 8.18. The minimum atomic E-state index is -0.147. The lowest BCUT2D eigenvalue weighted by Gasteiger charge is -2.42. The van der Waals surface area contributed by atoms with Crippen molar-refractivity contribution in [2.45, 2.75) is 38.1 Å². The van der Waals surface area contributed by atoms with Crippen molar-refractivity contribution in [2.75, 3.05) is 36.0 Å². The Labute approximate surface area is 167 Å². The van der Waals surface area contributed by atoms with Crippen LogP contribution in [0.2, 0.25) is 0 Å². The SMILES string of the molecule is Nc1ccccc1NC(=O)c1ccc(NC2CN(CC3CCCCC3)C2)cc1. The van der Waals surface area contributed by atoms with E-state index in [0.29, 0.717) is 23.0 Å². The van der Waals surface area contributed by atoms with Gasteiger partial charge in [-0.2, -0.15) is 0 Å². The summed E-state index contributed by atoms with van der Waals surface area (Å²) in [6.45, 7) is 3.50. The molecule has 1 amide bonds. The van der Waals surface area contributed by atoms with E-state index in [9.17, 15) is 4.79 Å². The van der Waals surface area contributed by atoms with Gasteiger partial charge in [-0.15, -0.1) is 0 Å². The molecule has 0 spiro atoms. The average Bonchev–Trinajstić information content (AvgIpc) is 2.69. The van der Waals surface area contributed by atoms with E-state index in [1.54, 1.807) is 12.1 Å². The van der Waals surface area contributed by atoms with Crippen LogP contribution in [0.5, 0.6) is 0 Å². The molecular weight excluding hydrogens is 348 g/mol. The number of nitrogens with one attached hydrogen (secondary N) is 2. The quantitative estimate of drug-likeness (QED) is 0.659. The summed E-state index contributed by atoms with van der Waals surface area (Å²) < 4.78 is 0. The number of amides is 1. The Morgan fingerprint density at radius 1 is 1.00 bits per heavy atom. The number of hydrogen-bond donors (Lipinski definition) is 3. The van der Waals surface area contributed by atoms with Gasteiger partial charge in [0, 0.05) is 30.9 Å². The van der Waals surface area contributed by atoms with E-state index < -0.39 is 0 Å². The Balaban J connectivity index is 1.24. The summed E-state index contributed by atoms with van der Waals surface area (Å²) in [7, 11) is 0. The van der Waals surface area contributed by atoms with Crippen molar-refractivity contribution in [2.24, 2.45) is 5.92 Å². The Bertz CT molecular complexity index is 793. The van der Waals surface area contributed by atoms with Gasteiger partial charge in [0.05, 0.1) is 17.4 Å². The Kier molecular flexibility index (Phi) is 5.81. The van der Waals surface area contributed by atoms with Gasteiger partial charge in [-0.05, 0) is 55.2 Å². The number of likely N-dealkylation sites (tertiary alicyclic amines) is 1. The van der Waals surface area contributed by atoms with Crippen molar-refractivity contribution < 1.29 is 4.79 Å². The second kappa shape index (κ2) is 8.65. The number of nitrogens with zero attached hydrogens (tertiary/aromatic N) is 1. The summed E-state index contributed by atoms with van der Waals surface area (Å²) >= 11 is 0. The third-order valence-corrected chi connectivity index (χ3v) is 5.93. The molecule has 2 fully saturated rings. The molecule has 1 saturated heterocycles. The molecule has 2 aliphatic rings. The first-order valence-electron chi connectivity index (χ1n) is 10.4. The number of benzene rings is 2. The highest BCUT2D eigenvalue weighted by Gasteiger charge is 2.28. The predicted molar refractivity (Wildman–Crippen MR) is 116 cm³/mol. The van der Waals surface area contributed by atoms with Crippen LogP contribution in [0.4, 0.5) is 17.1 Å². The fraction of sp³-hybridized carbons (Fsp3) is 0.435. The smallest absolute Gasteiger partial charge is 0.255 e. The first-order chi connectivity index (χ1) is 13.7. The van der Waals surface area contributed by atoms with Gasteiger partial charge in [0.25, 0.3) is 5.91 Å². The van der Waals surface area contributed by atoms with Crippen molar-refractivity contribution in [3.8, 4) is 0 Å². The van der Waals surface area contributed by atoms with Crippen LogP contribution in [0.15, 0.2) is 48.5 Å². The van der Waals surface area contributed by atoms with Gasteiger partial charge >= 0.3 is 0 Å². The fourth-order valence-corrected chi connectivity index (χ4v) is 4.30. The summed E-state index contributed by atoms with van der Waals surface area (Å²) in [6.07, 6.45) is 7.07. The molecule has 1 saturated carbocycles. The molecular formula is C23H30N4O. The summed E-state index contributed by atoms with van der Waals surface area (Å²) in [5, 5.41) is 6.44. The van der Waals surface area contributed by atoms with Crippen LogP contribution in [-0.2, 0) is 0 Å². The minimum absolute atomic E-state index is 0.147. The van der Waals surface area contributed by atoms with Crippen LogP contribution < -0.4 is 16.4 Å². The maximum Gasteiger partial charge on any atom is 0.255 e. The number of nitrogen functional groups attached to an aromatic ring is 1. The molecule has 2 aromatic rings. The van der Waals surface area contributed by atoms with Gasteiger partial charge in [0.1, 0.15) is 0 Å². The molecule has 28 heavy (non-hydrogen) atoms. The van der Waals surface area contributed by atoms with Crippen LogP contribution in [-0.4, -0.2) is 36.5 Å². The maximum absolute atomic E-state index is 12.4. The van der Waals surface area contributed by atoms with E-state index >= 15 is 0 Å². The van der Waals surface area contributed by atoms with E-state index in [0.717, 1.165) is 24.7 Å². The highest BCUT2D eigenvalue weighted by atomic mass is 16.1. The van der Waals surface area contributed by atoms with Crippen molar-refractivity contribution in [3.63, 3.8) is 0 Å². The normalized spacial score (nSPS) is 18.4. The van der Waals surface area contributed by atoms with Gasteiger partial charge in [-0.1, -0.05) is 31.4 Å². The van der Waals surface area contributed by atoms with Crippen LogP contribution in [0, 0.1) is 5.92 Å². The number of hydrogen-bond acceptors (Lipinski definition) is 4. The number of carbonyl (C=O) groups is 1. The molecule has 0 radical (unpaired) electrons. The Morgan fingerprint density at radius 3 is 2.43 bits per heavy atom. The van der Waals surface area contributed by atoms with Crippen molar-refractivity contribution in [1.29, 1.82) is 0 Å². The molecule has 4 N–H and O–H groups in total. The number of rotatable bonds is 6. The van der Waals surface area contributed by atoms with Gasteiger partial charge in [0.2, 0.25) is 0 Å². The van der Waals surface area contributed by atoms with Gasteiger partial charge in [0.15, 0.2) is 0 Å². The Morgan fingerprint density at radius 2 is 1.71 bits per heavy atom. The number of para-hydroxylation sites is 2. The van der Waals surface area contributed by atoms with Crippen molar-refractivity contribution in [3.05, 3.63) is 54.1 Å². The third-order valence-electron chi connectivity index (χ3n) is 5.93. The first-order valence-corrected chi connectivity index (χ1v) is 10.4. The van der Waals surface area contributed by atoms with Crippen LogP contribution >= 0.6 is 0 Å². The summed E-state index contributed by atoms with van der Waals surface area (Å²) in [5.74, 6) is 0.762. The molecule has 2 aromatic carbocycles. The molecule has 0 unspecified atom stereocenters. The summed E-state index contributed by atoms with van der Waals surface area (Å²) in [5.41, 5.74) is 8.79. The molecule has 4 rings (SSSR count). The zero-order chi connectivity index (χ0) is 19.3. The fourth-order valence-electron chi connectivity index (χ4n) is 4.30. The lowest BCUT2D eigenvalue weighted by Crippen LogP contribution is -2.55. The Hall–Kier alpha value is -2.53. The summed E-state index contributed by atoms with van der Waals surface area (Å²) in [4.78, 5) is 15.0. The van der Waals surface area contributed by atoms with Crippen LogP contribution in [0.3, 0.4) is 0 Å². The summed E-state index contributed by atoms with van der Waals surface area (Å²) in [6, 6.07) is 15.5. The monoisotopic (exact) mass is 378 g/mol. The van der Waals surface area contributed by atoms with Crippen LogP contribution in [0.25, 0.3) is 0 Å². The lowest BCUT2D eigenvalue weighted by atomic mass is 9.88. The molecule has 5 heteroatoms. The zero-order valence-electron chi connectivity index (χ0n) is 16.4. The standard InChI is InChI=1S/C23H30N4O/c24-21-8-4-5-9-22(21)26-23(28)18-10-12-19(13-11-18)25-20-15-27(16-20)14-17-6-2-1-3-7-17/h4-5,8-13,17,20,25H,1-3,6-7,14-16,24H2,(H,26,28). The van der Waals surface area contributed by atoms with E-state index in [2.05, 4.69) is 15.5 Å². The van der Waals surface area contributed by atoms with E-state index in [-0.39, 0.29) is 5.91 Å². The van der Waals surface area contributed by atoms with E-state index in [4.69, 9.17) is 5.73 Å². The number of nitrogens with two attached hydrogens (primary N) is 1. The zero-order valence-corrected chi connectivity index (χ0v) is 16.4. The van der Waals surface area contributed by atoms with Gasteiger partial charge in [-0.25, -0.2) is 0 Å². The second-order valence-corrected chi connectivity index (χ2v) is 8.18. The lowest BCUT2D eigenvalue weighted by molar-refractivity contribution is 0.102. The molecule has 0 aromatic heterocycles. The third kappa shape index (κ3) is 4.65. The highest BCUT2D eigenvalue weighted by Crippen LogP contribution is 2.26. The molecule has 0 atom stereocenters. The molecule has 5 nitrogen and oxygen atoms in total. The van der Waals surface area contributed by atoms with Crippen LogP contribution in [0.1, 0.15) is 42.5 Å². The topological polar surface area (TPSA) is 70.4 Å². The maximum atomic E-state index is 12.4. The average molecular weight is 379 g/mol. The van der Waals surface area contributed by atoms with Crippen molar-refractivity contribution >= 4 is 23.0 Å². The van der Waals surface area contributed by atoms with E-state index in [1.165, 1.54) is 38.6 Å². The van der Waals surface area contributed by atoms with Gasteiger partial charge < -0.3 is 16.4 Å².